The van der Waals surface area contributed by atoms with E-state index >= 15 is 0 Å². The van der Waals surface area contributed by atoms with Crippen LogP contribution < -0.4 is 10.6 Å². The van der Waals surface area contributed by atoms with Crippen LogP contribution in [0.25, 0.3) is 0 Å². The molecule has 0 aliphatic rings. The molecule has 0 unspecified atom stereocenters. The molecule has 0 fully saturated rings. The molecule has 108 valence electrons. The molecule has 1 rings (SSSR count). The van der Waals surface area contributed by atoms with E-state index in [-0.39, 0.29) is 5.54 Å². The molecular formula is C17H30N2. The summed E-state index contributed by atoms with van der Waals surface area (Å²) in [5.41, 5.74) is 3.02. The van der Waals surface area contributed by atoms with Crippen molar-refractivity contribution in [1.82, 2.24) is 10.6 Å². The molecule has 2 N–H and O–H groups in total. The van der Waals surface area contributed by atoms with E-state index in [1.165, 1.54) is 17.5 Å². The van der Waals surface area contributed by atoms with Crippen molar-refractivity contribution in [2.24, 2.45) is 5.92 Å². The monoisotopic (exact) mass is 262 g/mol. The largest absolute Gasteiger partial charge is 0.318 e. The highest BCUT2D eigenvalue weighted by molar-refractivity contribution is 5.23. The number of likely N-dealkylation sites (N-methyl/N-ethyl adjacent to an activating group) is 1. The fourth-order valence-electron chi connectivity index (χ4n) is 2.36. The number of benzene rings is 1. The summed E-state index contributed by atoms with van der Waals surface area (Å²) in [4.78, 5) is 0. The first kappa shape index (κ1) is 16.2. The fraction of sp³-hybridized carbons (Fsp3) is 0.647. The minimum Gasteiger partial charge on any atom is -0.318 e. The van der Waals surface area contributed by atoms with Crippen molar-refractivity contribution in [1.29, 1.82) is 0 Å². The van der Waals surface area contributed by atoms with Gasteiger partial charge in [0.2, 0.25) is 0 Å². The summed E-state index contributed by atoms with van der Waals surface area (Å²) in [6.45, 7) is 11.0. The lowest BCUT2D eigenvalue weighted by Crippen LogP contribution is -2.47. The first-order chi connectivity index (χ1) is 8.93. The predicted molar refractivity (Wildman–Crippen MR) is 84.7 cm³/mol. The predicted octanol–water partition coefficient (Wildman–Crippen LogP) is 3.02. The van der Waals surface area contributed by atoms with Gasteiger partial charge in [0.05, 0.1) is 0 Å². The average Bonchev–Trinajstić information content (AvgIpc) is 2.30. The zero-order valence-corrected chi connectivity index (χ0v) is 13.2. The van der Waals surface area contributed by atoms with Gasteiger partial charge in [-0.3, -0.25) is 0 Å². The number of rotatable bonds is 8. The summed E-state index contributed by atoms with van der Waals surface area (Å²) in [6.07, 6.45) is 2.27. The van der Waals surface area contributed by atoms with Crippen molar-refractivity contribution in [2.75, 3.05) is 20.1 Å². The van der Waals surface area contributed by atoms with E-state index in [9.17, 15) is 0 Å². The summed E-state index contributed by atoms with van der Waals surface area (Å²) >= 11 is 0. The van der Waals surface area contributed by atoms with Crippen LogP contribution in [0, 0.1) is 5.92 Å². The molecule has 0 aromatic heterocycles. The molecule has 1 aromatic rings. The molecule has 0 aliphatic carbocycles. The Kier molecular flexibility index (Phi) is 6.53. The van der Waals surface area contributed by atoms with Crippen molar-refractivity contribution >= 4 is 0 Å². The van der Waals surface area contributed by atoms with E-state index in [0.29, 0.717) is 0 Å². The first-order valence-electron chi connectivity index (χ1n) is 7.40. The molecule has 0 amide bonds. The first-order valence-corrected chi connectivity index (χ1v) is 7.40. The number of hydrogen-bond acceptors (Lipinski definition) is 2. The van der Waals surface area contributed by atoms with Gasteiger partial charge < -0.3 is 10.6 Å². The SMILES string of the molecule is CNCC(C)(C)NCCc1ccc(CC(C)C)cc1. The second kappa shape index (κ2) is 7.66. The molecule has 19 heavy (non-hydrogen) atoms. The van der Waals surface area contributed by atoms with Crippen LogP contribution in [0.15, 0.2) is 24.3 Å². The second-order valence-corrected chi connectivity index (χ2v) is 6.51. The lowest BCUT2D eigenvalue weighted by molar-refractivity contribution is 0.379. The van der Waals surface area contributed by atoms with E-state index < -0.39 is 0 Å². The fourth-order valence-corrected chi connectivity index (χ4v) is 2.36. The molecule has 0 aliphatic heterocycles. The minimum absolute atomic E-state index is 0.159. The van der Waals surface area contributed by atoms with Crippen molar-refractivity contribution in [3.8, 4) is 0 Å². The molecule has 0 bridgehead atoms. The third-order valence-corrected chi connectivity index (χ3v) is 3.30. The molecular weight excluding hydrogens is 232 g/mol. The Labute approximate surface area is 119 Å². The van der Waals surface area contributed by atoms with E-state index in [1.807, 2.05) is 7.05 Å². The summed E-state index contributed by atoms with van der Waals surface area (Å²) in [6, 6.07) is 9.08. The summed E-state index contributed by atoms with van der Waals surface area (Å²) < 4.78 is 0. The number of hydrogen-bond donors (Lipinski definition) is 2. The standard InChI is InChI=1S/C17H30N2/c1-14(2)12-16-8-6-15(7-9-16)10-11-19-17(3,4)13-18-5/h6-9,14,18-19H,10-13H2,1-5H3. The van der Waals surface area contributed by atoms with Crippen molar-refractivity contribution in [3.63, 3.8) is 0 Å². The maximum atomic E-state index is 3.59. The van der Waals surface area contributed by atoms with Gasteiger partial charge in [-0.25, -0.2) is 0 Å². The molecule has 2 nitrogen and oxygen atoms in total. The summed E-state index contributed by atoms with van der Waals surface area (Å²) in [5, 5.41) is 6.81. The third kappa shape index (κ3) is 6.74. The Morgan fingerprint density at radius 3 is 2.16 bits per heavy atom. The van der Waals surface area contributed by atoms with Crippen LogP contribution in [0.4, 0.5) is 0 Å². The molecule has 0 radical (unpaired) electrons. The third-order valence-electron chi connectivity index (χ3n) is 3.30. The second-order valence-electron chi connectivity index (χ2n) is 6.51. The van der Waals surface area contributed by atoms with Gasteiger partial charge >= 0.3 is 0 Å². The van der Waals surface area contributed by atoms with Crippen LogP contribution in [-0.2, 0) is 12.8 Å². The Balaban J connectivity index is 2.38. The summed E-state index contributed by atoms with van der Waals surface area (Å²) in [7, 11) is 2.00. The average molecular weight is 262 g/mol. The molecule has 1 aromatic carbocycles. The van der Waals surface area contributed by atoms with Gasteiger partial charge in [-0.15, -0.1) is 0 Å². The van der Waals surface area contributed by atoms with Gasteiger partial charge in [0.25, 0.3) is 0 Å². The van der Waals surface area contributed by atoms with E-state index in [2.05, 4.69) is 62.6 Å². The van der Waals surface area contributed by atoms with Crippen molar-refractivity contribution in [3.05, 3.63) is 35.4 Å². The lowest BCUT2D eigenvalue weighted by atomic mass is 10.0. The van der Waals surface area contributed by atoms with Crippen LogP contribution in [0.2, 0.25) is 0 Å². The zero-order chi connectivity index (χ0) is 14.3. The van der Waals surface area contributed by atoms with Crippen molar-refractivity contribution < 1.29 is 0 Å². The summed E-state index contributed by atoms with van der Waals surface area (Å²) in [5.74, 6) is 0.731. The Hall–Kier alpha value is -0.860. The van der Waals surface area contributed by atoms with E-state index in [4.69, 9.17) is 0 Å². The van der Waals surface area contributed by atoms with E-state index in [1.54, 1.807) is 0 Å². The van der Waals surface area contributed by atoms with Gasteiger partial charge in [0, 0.05) is 12.1 Å². The van der Waals surface area contributed by atoms with E-state index in [0.717, 1.165) is 25.4 Å². The molecule has 0 heterocycles. The van der Waals surface area contributed by atoms with Crippen LogP contribution >= 0.6 is 0 Å². The van der Waals surface area contributed by atoms with Gasteiger partial charge in [-0.1, -0.05) is 38.1 Å². The van der Waals surface area contributed by atoms with Crippen LogP contribution in [0.1, 0.15) is 38.8 Å². The quantitative estimate of drug-likeness (QED) is 0.752. The van der Waals surface area contributed by atoms with Gasteiger partial charge in [-0.05, 0) is 57.3 Å². The highest BCUT2D eigenvalue weighted by Crippen LogP contribution is 2.10. The maximum Gasteiger partial charge on any atom is 0.0249 e. The highest BCUT2D eigenvalue weighted by Gasteiger charge is 2.14. The molecule has 0 spiro atoms. The maximum absolute atomic E-state index is 3.59. The molecule has 0 saturated heterocycles. The molecule has 0 atom stereocenters. The van der Waals surface area contributed by atoms with Gasteiger partial charge in [0.15, 0.2) is 0 Å². The molecule has 0 saturated carbocycles. The Morgan fingerprint density at radius 1 is 1.05 bits per heavy atom. The normalized spacial score (nSPS) is 12.1. The minimum atomic E-state index is 0.159. The van der Waals surface area contributed by atoms with Crippen LogP contribution in [0.5, 0.6) is 0 Å². The van der Waals surface area contributed by atoms with Gasteiger partial charge in [0.1, 0.15) is 0 Å². The smallest absolute Gasteiger partial charge is 0.0249 e. The zero-order valence-electron chi connectivity index (χ0n) is 13.2. The van der Waals surface area contributed by atoms with Crippen molar-refractivity contribution in [2.45, 2.75) is 46.1 Å². The highest BCUT2D eigenvalue weighted by atomic mass is 15.0. The Bertz CT molecular complexity index is 352. The number of nitrogens with one attached hydrogen (secondary N) is 2. The molecule has 2 heteroatoms. The van der Waals surface area contributed by atoms with Crippen LogP contribution in [-0.4, -0.2) is 25.7 Å². The Morgan fingerprint density at radius 2 is 1.63 bits per heavy atom. The van der Waals surface area contributed by atoms with Crippen LogP contribution in [0.3, 0.4) is 0 Å². The van der Waals surface area contributed by atoms with Gasteiger partial charge in [-0.2, -0.15) is 0 Å². The lowest BCUT2D eigenvalue weighted by Gasteiger charge is -2.26. The topological polar surface area (TPSA) is 24.1 Å².